The molecule has 2 radical (unpaired) electrons. The van der Waals surface area contributed by atoms with Gasteiger partial charge >= 0.3 is 15.1 Å². The van der Waals surface area contributed by atoms with Crippen LogP contribution in [0.25, 0.3) is 0 Å². The van der Waals surface area contributed by atoms with Crippen molar-refractivity contribution >= 4 is 15.1 Å². The highest BCUT2D eigenvalue weighted by Crippen LogP contribution is 2.10. The Bertz CT molecular complexity index is 254. The third kappa shape index (κ3) is 3.98. The molecule has 2 aliphatic rings. The monoisotopic (exact) mass is 248 g/mol. The molecule has 2 fully saturated rings. The summed E-state index contributed by atoms with van der Waals surface area (Å²) in [4.78, 5) is 9.70. The van der Waals surface area contributed by atoms with E-state index < -0.39 is 0 Å². The fraction of sp³-hybridized carbons (Fsp3) is 1.00. The van der Waals surface area contributed by atoms with E-state index in [4.69, 9.17) is 0 Å². The van der Waals surface area contributed by atoms with E-state index >= 15 is 0 Å². The summed E-state index contributed by atoms with van der Waals surface area (Å²) in [6.07, 6.45) is 2.57. The molecular weight excluding hydrogens is 222 g/mol. The maximum absolute atomic E-state index is 2.51. The first-order valence-electron chi connectivity index (χ1n) is 7.33. The molecule has 0 aromatic carbocycles. The van der Waals surface area contributed by atoms with Gasteiger partial charge in [0, 0.05) is 12.6 Å². The molecule has 0 amide bonds. The number of hydrogen-bond acceptors (Lipinski definition) is 4. The van der Waals surface area contributed by atoms with Gasteiger partial charge in [0.05, 0.1) is 0 Å². The molecule has 0 aliphatic carbocycles. The standard InChI is InChI=1S/C12H26B2N4/c1-4-16-8-6-10-18(14-16)12(2)11-17-9-5-7-15(3)13-17/h12H,4-11H2,1-3H3. The van der Waals surface area contributed by atoms with E-state index in [1.807, 2.05) is 0 Å². The van der Waals surface area contributed by atoms with Crippen LogP contribution >= 0.6 is 0 Å². The van der Waals surface area contributed by atoms with Crippen molar-refractivity contribution < 1.29 is 0 Å². The summed E-state index contributed by atoms with van der Waals surface area (Å²) in [6.45, 7) is 11.7. The molecular formula is C12H26B2N4. The van der Waals surface area contributed by atoms with Crippen LogP contribution < -0.4 is 0 Å². The van der Waals surface area contributed by atoms with Gasteiger partial charge in [0.2, 0.25) is 0 Å². The van der Waals surface area contributed by atoms with Crippen molar-refractivity contribution in [3.05, 3.63) is 0 Å². The highest BCUT2D eigenvalue weighted by atomic mass is 15.3. The first-order chi connectivity index (χ1) is 8.69. The van der Waals surface area contributed by atoms with Crippen molar-refractivity contribution in [2.75, 3.05) is 46.3 Å². The van der Waals surface area contributed by atoms with Crippen LogP contribution in [0.4, 0.5) is 0 Å². The molecule has 2 saturated heterocycles. The second-order valence-electron chi connectivity index (χ2n) is 5.63. The average molecular weight is 248 g/mol. The Hall–Kier alpha value is -0.0301. The number of nitrogens with zero attached hydrogens (tertiary/aromatic N) is 4. The summed E-state index contributed by atoms with van der Waals surface area (Å²) in [7, 11) is 6.78. The van der Waals surface area contributed by atoms with Crippen LogP contribution in [0.15, 0.2) is 0 Å². The molecule has 1 atom stereocenters. The fourth-order valence-corrected chi connectivity index (χ4v) is 2.86. The summed E-state index contributed by atoms with van der Waals surface area (Å²) in [5.41, 5.74) is 0. The molecule has 0 spiro atoms. The predicted octanol–water partition coefficient (Wildman–Crippen LogP) is 0.108. The summed E-state index contributed by atoms with van der Waals surface area (Å²) in [5, 5.41) is 0. The molecule has 100 valence electrons. The van der Waals surface area contributed by atoms with Gasteiger partial charge in [-0.15, -0.1) is 0 Å². The van der Waals surface area contributed by atoms with Gasteiger partial charge in [-0.2, -0.15) is 0 Å². The normalized spacial score (nSPS) is 26.6. The molecule has 18 heavy (non-hydrogen) atoms. The molecule has 6 heteroatoms. The van der Waals surface area contributed by atoms with Gasteiger partial charge < -0.3 is 19.2 Å². The quantitative estimate of drug-likeness (QED) is 0.654. The van der Waals surface area contributed by atoms with Crippen molar-refractivity contribution in [1.82, 2.24) is 19.2 Å². The maximum Gasteiger partial charge on any atom is 0.313 e. The number of rotatable bonds is 4. The Balaban J connectivity index is 1.77. The van der Waals surface area contributed by atoms with E-state index in [0.717, 1.165) is 13.1 Å². The minimum Gasteiger partial charge on any atom is -0.335 e. The minimum atomic E-state index is 0.599. The summed E-state index contributed by atoms with van der Waals surface area (Å²) < 4.78 is 0. The van der Waals surface area contributed by atoms with Crippen LogP contribution in [0.3, 0.4) is 0 Å². The van der Waals surface area contributed by atoms with Gasteiger partial charge in [0.1, 0.15) is 0 Å². The van der Waals surface area contributed by atoms with E-state index in [1.54, 1.807) is 0 Å². The largest absolute Gasteiger partial charge is 0.335 e. The molecule has 1 unspecified atom stereocenters. The highest BCUT2D eigenvalue weighted by molar-refractivity contribution is 6.29. The van der Waals surface area contributed by atoms with Gasteiger partial charge in [-0.1, -0.05) is 6.92 Å². The van der Waals surface area contributed by atoms with Crippen LogP contribution in [-0.4, -0.2) is 86.7 Å². The van der Waals surface area contributed by atoms with Crippen LogP contribution in [-0.2, 0) is 0 Å². The fourth-order valence-electron chi connectivity index (χ4n) is 2.86. The van der Waals surface area contributed by atoms with Crippen molar-refractivity contribution in [3.63, 3.8) is 0 Å². The third-order valence-corrected chi connectivity index (χ3v) is 3.96. The Labute approximate surface area is 114 Å². The van der Waals surface area contributed by atoms with E-state index in [2.05, 4.69) is 55.2 Å². The Kier molecular flexibility index (Phi) is 5.55. The Morgan fingerprint density at radius 2 is 1.72 bits per heavy atom. The highest BCUT2D eigenvalue weighted by Gasteiger charge is 2.25. The molecule has 0 aromatic rings. The first kappa shape index (κ1) is 14.4. The Morgan fingerprint density at radius 1 is 1.00 bits per heavy atom. The lowest BCUT2D eigenvalue weighted by atomic mass is 9.93. The summed E-state index contributed by atoms with van der Waals surface area (Å²) in [6, 6.07) is 0.599. The van der Waals surface area contributed by atoms with Crippen LogP contribution in [0.2, 0.25) is 0 Å². The zero-order valence-corrected chi connectivity index (χ0v) is 12.2. The molecule has 2 aliphatic heterocycles. The molecule has 0 N–H and O–H groups in total. The lowest BCUT2D eigenvalue weighted by Crippen LogP contribution is -2.56. The van der Waals surface area contributed by atoms with Crippen LogP contribution in [0.5, 0.6) is 0 Å². The molecule has 2 rings (SSSR count). The summed E-state index contributed by atoms with van der Waals surface area (Å²) >= 11 is 0. The van der Waals surface area contributed by atoms with Gasteiger partial charge in [-0.3, -0.25) is 0 Å². The van der Waals surface area contributed by atoms with Gasteiger partial charge in [-0.05, 0) is 59.5 Å². The summed E-state index contributed by atoms with van der Waals surface area (Å²) in [5.74, 6) is 0. The van der Waals surface area contributed by atoms with E-state index in [0.29, 0.717) is 6.04 Å². The topological polar surface area (TPSA) is 13.0 Å². The lowest BCUT2D eigenvalue weighted by Gasteiger charge is -2.41. The Morgan fingerprint density at radius 3 is 2.44 bits per heavy atom. The van der Waals surface area contributed by atoms with Crippen molar-refractivity contribution in [3.8, 4) is 0 Å². The average Bonchev–Trinajstić information content (AvgIpc) is 2.39. The zero-order chi connectivity index (χ0) is 13.0. The van der Waals surface area contributed by atoms with E-state index in [1.165, 1.54) is 39.0 Å². The predicted molar refractivity (Wildman–Crippen MR) is 78.4 cm³/mol. The second-order valence-corrected chi connectivity index (χ2v) is 5.63. The molecule has 2 heterocycles. The SMILES string of the molecule is CCN1[B]N(C(C)CN2[B]N(C)CCC2)CCC1. The lowest BCUT2D eigenvalue weighted by molar-refractivity contribution is 0.218. The molecule has 0 saturated carbocycles. The smallest absolute Gasteiger partial charge is 0.313 e. The zero-order valence-electron chi connectivity index (χ0n) is 12.2. The molecule has 0 aromatic heterocycles. The first-order valence-corrected chi connectivity index (χ1v) is 7.33. The minimum absolute atomic E-state index is 0.599. The third-order valence-electron chi connectivity index (χ3n) is 3.96. The second kappa shape index (κ2) is 6.94. The van der Waals surface area contributed by atoms with E-state index in [-0.39, 0.29) is 0 Å². The molecule has 0 bridgehead atoms. The van der Waals surface area contributed by atoms with Gasteiger partial charge in [-0.25, -0.2) is 0 Å². The maximum atomic E-state index is 2.51. The van der Waals surface area contributed by atoms with E-state index in [9.17, 15) is 0 Å². The van der Waals surface area contributed by atoms with Crippen LogP contribution in [0, 0.1) is 0 Å². The van der Waals surface area contributed by atoms with Crippen molar-refractivity contribution in [1.29, 1.82) is 0 Å². The van der Waals surface area contributed by atoms with Crippen molar-refractivity contribution in [2.24, 2.45) is 0 Å². The van der Waals surface area contributed by atoms with Crippen LogP contribution in [0.1, 0.15) is 26.7 Å². The van der Waals surface area contributed by atoms with Gasteiger partial charge in [0.15, 0.2) is 0 Å². The van der Waals surface area contributed by atoms with Crippen molar-refractivity contribution in [2.45, 2.75) is 32.7 Å². The molecule has 4 nitrogen and oxygen atoms in total. The van der Waals surface area contributed by atoms with Gasteiger partial charge in [0.25, 0.3) is 0 Å². The number of hydrogen-bond donors (Lipinski definition) is 0.